The lowest BCUT2D eigenvalue weighted by Gasteiger charge is -2.00. The summed E-state index contributed by atoms with van der Waals surface area (Å²) >= 11 is 3.41. The van der Waals surface area contributed by atoms with Crippen LogP contribution in [-0.4, -0.2) is 13.1 Å². The number of rotatable bonds is 2. The Hall–Kier alpha value is -1.09. The molecule has 3 heteroatoms. The Morgan fingerprint density at radius 1 is 1.53 bits per heavy atom. The highest BCUT2D eigenvalue weighted by Crippen LogP contribution is 2.27. The molecule has 0 aliphatic heterocycles. The van der Waals surface area contributed by atoms with Gasteiger partial charge in [-0.1, -0.05) is 34.1 Å². The van der Waals surface area contributed by atoms with Crippen molar-refractivity contribution in [2.75, 3.05) is 7.11 Å². The third kappa shape index (κ3) is 1.97. The topological polar surface area (TPSA) is 26.3 Å². The van der Waals surface area contributed by atoms with Crippen molar-refractivity contribution in [3.63, 3.8) is 0 Å². The van der Waals surface area contributed by atoms with Gasteiger partial charge in [-0.25, -0.2) is 4.79 Å². The molecule has 0 heterocycles. The Bertz CT molecular complexity index is 435. The number of alkyl halides is 1. The minimum absolute atomic E-state index is 0.230. The molecule has 1 aliphatic carbocycles. The Balaban J connectivity index is 2.31. The zero-order valence-corrected chi connectivity index (χ0v) is 10.0. The van der Waals surface area contributed by atoms with Crippen molar-refractivity contribution in [2.24, 2.45) is 0 Å². The van der Waals surface area contributed by atoms with E-state index in [1.54, 1.807) is 0 Å². The minimum Gasteiger partial charge on any atom is -0.466 e. The third-order valence-electron chi connectivity index (χ3n) is 2.52. The van der Waals surface area contributed by atoms with Gasteiger partial charge in [0.2, 0.25) is 0 Å². The van der Waals surface area contributed by atoms with Gasteiger partial charge in [-0.05, 0) is 22.8 Å². The van der Waals surface area contributed by atoms with Crippen LogP contribution < -0.4 is 0 Å². The molecule has 15 heavy (non-hydrogen) atoms. The van der Waals surface area contributed by atoms with E-state index >= 15 is 0 Å². The van der Waals surface area contributed by atoms with E-state index in [1.807, 2.05) is 6.08 Å². The van der Waals surface area contributed by atoms with Crippen LogP contribution in [-0.2, 0) is 21.3 Å². The fourth-order valence-electron chi connectivity index (χ4n) is 1.73. The molecule has 0 atom stereocenters. The average molecular weight is 267 g/mol. The summed E-state index contributed by atoms with van der Waals surface area (Å²) in [7, 11) is 1.41. The highest BCUT2D eigenvalue weighted by atomic mass is 79.9. The molecule has 2 rings (SSSR count). The van der Waals surface area contributed by atoms with E-state index in [4.69, 9.17) is 4.74 Å². The maximum Gasteiger partial charge on any atom is 0.334 e. The highest BCUT2D eigenvalue weighted by Gasteiger charge is 2.18. The summed E-state index contributed by atoms with van der Waals surface area (Å²) in [5.41, 5.74) is 4.28. The number of hydrogen-bond donors (Lipinski definition) is 0. The van der Waals surface area contributed by atoms with Crippen molar-refractivity contribution in [1.82, 2.24) is 0 Å². The van der Waals surface area contributed by atoms with Crippen LogP contribution in [0.3, 0.4) is 0 Å². The summed E-state index contributed by atoms with van der Waals surface area (Å²) in [6, 6.07) is 6.24. The number of fused-ring (bicyclic) bond motifs is 1. The van der Waals surface area contributed by atoms with Crippen LogP contribution in [0.15, 0.2) is 23.8 Å². The molecular formula is C12H11BrO2. The van der Waals surface area contributed by atoms with Crippen LogP contribution >= 0.6 is 15.9 Å². The molecule has 0 unspecified atom stereocenters. The molecule has 1 aromatic carbocycles. The molecular weight excluding hydrogens is 256 g/mol. The molecule has 0 N–H and O–H groups in total. The number of ether oxygens (including phenoxy) is 1. The van der Waals surface area contributed by atoms with Crippen LogP contribution in [0.2, 0.25) is 0 Å². The van der Waals surface area contributed by atoms with Gasteiger partial charge in [-0.2, -0.15) is 0 Å². The molecule has 0 bridgehead atoms. The molecule has 0 saturated carbocycles. The first kappa shape index (κ1) is 10.4. The van der Waals surface area contributed by atoms with Crippen molar-refractivity contribution < 1.29 is 9.53 Å². The van der Waals surface area contributed by atoms with Gasteiger partial charge in [0.15, 0.2) is 0 Å². The predicted octanol–water partition coefficient (Wildman–Crippen LogP) is 2.69. The smallest absolute Gasteiger partial charge is 0.334 e. The Labute approximate surface area is 97.1 Å². The largest absolute Gasteiger partial charge is 0.466 e. The van der Waals surface area contributed by atoms with E-state index in [0.717, 1.165) is 16.5 Å². The number of carbonyl (C=O) groups excluding carboxylic acids is 1. The van der Waals surface area contributed by atoms with Gasteiger partial charge in [-0.15, -0.1) is 0 Å². The molecule has 78 valence electrons. The highest BCUT2D eigenvalue weighted by molar-refractivity contribution is 9.08. The van der Waals surface area contributed by atoms with Gasteiger partial charge in [0, 0.05) is 17.3 Å². The quantitative estimate of drug-likeness (QED) is 0.608. The fourth-order valence-corrected chi connectivity index (χ4v) is 2.08. The molecule has 0 amide bonds. The maximum atomic E-state index is 11.3. The molecule has 2 nitrogen and oxygen atoms in total. The molecule has 0 radical (unpaired) electrons. The normalized spacial score (nSPS) is 13.3. The first-order chi connectivity index (χ1) is 7.24. The number of methoxy groups -OCH3 is 1. The summed E-state index contributed by atoms with van der Waals surface area (Å²) in [6.45, 7) is 0. The molecule has 0 saturated heterocycles. The van der Waals surface area contributed by atoms with E-state index in [1.165, 1.54) is 18.2 Å². The lowest BCUT2D eigenvalue weighted by Crippen LogP contribution is -2.03. The number of halogens is 1. The Morgan fingerprint density at radius 3 is 3.00 bits per heavy atom. The Morgan fingerprint density at radius 2 is 2.33 bits per heavy atom. The standard InChI is InChI=1S/C12H11BrO2/c1-15-12(14)11-5-9-3-2-8(7-13)4-10(9)6-11/h2-4,6H,5,7H2,1H3. The predicted molar refractivity (Wildman–Crippen MR) is 62.8 cm³/mol. The van der Waals surface area contributed by atoms with E-state index in [2.05, 4.69) is 34.1 Å². The van der Waals surface area contributed by atoms with Crippen molar-refractivity contribution in [1.29, 1.82) is 0 Å². The SMILES string of the molecule is COC(=O)C1=Cc2cc(CBr)ccc2C1. The second-order valence-corrected chi connectivity index (χ2v) is 4.07. The minimum atomic E-state index is -0.230. The summed E-state index contributed by atoms with van der Waals surface area (Å²) in [5, 5.41) is 0.835. The molecule has 0 aromatic heterocycles. The van der Waals surface area contributed by atoms with Crippen molar-refractivity contribution in [3.8, 4) is 0 Å². The second-order valence-electron chi connectivity index (χ2n) is 3.50. The fraction of sp³-hybridized carbons (Fsp3) is 0.250. The lowest BCUT2D eigenvalue weighted by atomic mass is 10.1. The zero-order chi connectivity index (χ0) is 10.8. The third-order valence-corrected chi connectivity index (χ3v) is 3.17. The number of benzene rings is 1. The molecule has 1 aromatic rings. The van der Waals surface area contributed by atoms with E-state index < -0.39 is 0 Å². The number of hydrogen-bond acceptors (Lipinski definition) is 2. The summed E-state index contributed by atoms with van der Waals surface area (Å²) in [5.74, 6) is -0.230. The van der Waals surface area contributed by atoms with E-state index in [9.17, 15) is 4.79 Å². The van der Waals surface area contributed by atoms with Crippen LogP contribution in [0.4, 0.5) is 0 Å². The van der Waals surface area contributed by atoms with Crippen molar-refractivity contribution in [3.05, 3.63) is 40.5 Å². The number of esters is 1. The second kappa shape index (κ2) is 4.19. The van der Waals surface area contributed by atoms with E-state index in [0.29, 0.717) is 6.42 Å². The van der Waals surface area contributed by atoms with Gasteiger partial charge in [-0.3, -0.25) is 0 Å². The maximum absolute atomic E-state index is 11.3. The van der Waals surface area contributed by atoms with Crippen LogP contribution in [0.1, 0.15) is 16.7 Å². The summed E-state index contributed by atoms with van der Waals surface area (Å²) in [6.07, 6.45) is 2.60. The van der Waals surface area contributed by atoms with Gasteiger partial charge in [0.1, 0.15) is 0 Å². The zero-order valence-electron chi connectivity index (χ0n) is 8.42. The number of carbonyl (C=O) groups is 1. The first-order valence-corrected chi connectivity index (χ1v) is 5.83. The lowest BCUT2D eigenvalue weighted by molar-refractivity contribution is -0.136. The van der Waals surface area contributed by atoms with Crippen LogP contribution in [0, 0.1) is 0 Å². The van der Waals surface area contributed by atoms with Gasteiger partial charge in [0.25, 0.3) is 0 Å². The Kier molecular flexibility index (Phi) is 2.91. The average Bonchev–Trinajstić information content (AvgIpc) is 2.70. The van der Waals surface area contributed by atoms with E-state index in [-0.39, 0.29) is 5.97 Å². The molecule has 0 spiro atoms. The van der Waals surface area contributed by atoms with Crippen LogP contribution in [0.25, 0.3) is 6.08 Å². The molecule has 0 fully saturated rings. The monoisotopic (exact) mass is 266 g/mol. The molecule has 1 aliphatic rings. The van der Waals surface area contributed by atoms with Crippen LogP contribution in [0.5, 0.6) is 0 Å². The first-order valence-electron chi connectivity index (χ1n) is 4.71. The van der Waals surface area contributed by atoms with Crippen molar-refractivity contribution in [2.45, 2.75) is 11.8 Å². The van der Waals surface area contributed by atoms with Gasteiger partial charge >= 0.3 is 5.97 Å². The summed E-state index contributed by atoms with van der Waals surface area (Å²) < 4.78 is 4.71. The van der Waals surface area contributed by atoms with Gasteiger partial charge in [0.05, 0.1) is 7.11 Å². The van der Waals surface area contributed by atoms with Gasteiger partial charge < -0.3 is 4.74 Å². The summed E-state index contributed by atoms with van der Waals surface area (Å²) in [4.78, 5) is 11.3. The van der Waals surface area contributed by atoms with Crippen molar-refractivity contribution >= 4 is 28.0 Å².